The first kappa shape index (κ1) is 9.51. The van der Waals surface area contributed by atoms with Crippen LogP contribution in [0.4, 0.5) is 0 Å². The summed E-state index contributed by atoms with van der Waals surface area (Å²) in [6.45, 7) is 5.77. The first-order valence-corrected chi connectivity index (χ1v) is 5.73. The molecule has 0 saturated heterocycles. The number of fused-ring (bicyclic) bond motifs is 2. The minimum atomic E-state index is 0.857. The lowest BCUT2D eigenvalue weighted by Crippen LogP contribution is -2.29. The van der Waals surface area contributed by atoms with Gasteiger partial charge in [0.05, 0.1) is 0 Å². The van der Waals surface area contributed by atoms with E-state index in [0.717, 1.165) is 36.2 Å². The third kappa shape index (κ3) is 1.52. The SMILES string of the molecule is COCC1C2CCC(C2)C1C(C)C. The highest BCUT2D eigenvalue weighted by Gasteiger charge is 2.48. The molecule has 4 unspecified atom stereocenters. The first-order chi connectivity index (χ1) is 6.24. The molecule has 0 N–H and O–H groups in total. The van der Waals surface area contributed by atoms with Gasteiger partial charge in [-0.15, -0.1) is 0 Å². The summed E-state index contributed by atoms with van der Waals surface area (Å²) >= 11 is 0. The lowest BCUT2D eigenvalue weighted by Gasteiger charge is -2.33. The zero-order chi connectivity index (χ0) is 9.42. The fraction of sp³-hybridized carbons (Fsp3) is 1.00. The van der Waals surface area contributed by atoms with Crippen molar-refractivity contribution in [3.05, 3.63) is 0 Å². The van der Waals surface area contributed by atoms with Crippen LogP contribution >= 0.6 is 0 Å². The molecule has 0 aromatic rings. The zero-order valence-corrected chi connectivity index (χ0v) is 9.12. The molecule has 76 valence electrons. The Hall–Kier alpha value is -0.0400. The van der Waals surface area contributed by atoms with E-state index in [-0.39, 0.29) is 0 Å². The molecule has 1 heteroatoms. The van der Waals surface area contributed by atoms with E-state index in [9.17, 15) is 0 Å². The minimum absolute atomic E-state index is 0.857. The van der Waals surface area contributed by atoms with Gasteiger partial charge in [-0.1, -0.05) is 13.8 Å². The number of hydrogen-bond donors (Lipinski definition) is 0. The van der Waals surface area contributed by atoms with Crippen molar-refractivity contribution in [3.63, 3.8) is 0 Å². The molecule has 0 spiro atoms. The Kier molecular flexibility index (Phi) is 2.64. The standard InChI is InChI=1S/C12H22O/c1-8(2)12-10-5-4-9(6-10)11(12)7-13-3/h8-12H,4-7H2,1-3H3. The summed E-state index contributed by atoms with van der Waals surface area (Å²) in [6.07, 6.45) is 4.46. The number of hydrogen-bond acceptors (Lipinski definition) is 1. The summed E-state index contributed by atoms with van der Waals surface area (Å²) in [5.74, 6) is 4.72. The van der Waals surface area contributed by atoms with Gasteiger partial charge in [0.25, 0.3) is 0 Å². The van der Waals surface area contributed by atoms with Crippen molar-refractivity contribution in [1.82, 2.24) is 0 Å². The van der Waals surface area contributed by atoms with Crippen LogP contribution in [0.5, 0.6) is 0 Å². The second-order valence-corrected chi connectivity index (χ2v) is 5.27. The van der Waals surface area contributed by atoms with E-state index in [0.29, 0.717) is 0 Å². The molecule has 2 bridgehead atoms. The highest BCUT2D eigenvalue weighted by Crippen LogP contribution is 2.54. The monoisotopic (exact) mass is 182 g/mol. The summed E-state index contributed by atoms with van der Waals surface area (Å²) < 4.78 is 5.36. The fourth-order valence-electron chi connectivity index (χ4n) is 3.93. The van der Waals surface area contributed by atoms with E-state index in [2.05, 4.69) is 13.8 Å². The molecular formula is C12H22O. The molecular weight excluding hydrogens is 160 g/mol. The van der Waals surface area contributed by atoms with Crippen LogP contribution in [0.15, 0.2) is 0 Å². The van der Waals surface area contributed by atoms with Gasteiger partial charge in [0.2, 0.25) is 0 Å². The number of ether oxygens (including phenoxy) is 1. The van der Waals surface area contributed by atoms with Gasteiger partial charge in [-0.2, -0.15) is 0 Å². The summed E-state index contributed by atoms with van der Waals surface area (Å²) in [5.41, 5.74) is 0. The van der Waals surface area contributed by atoms with Crippen molar-refractivity contribution < 1.29 is 4.74 Å². The maximum Gasteiger partial charge on any atom is 0.0496 e. The largest absolute Gasteiger partial charge is 0.384 e. The first-order valence-electron chi connectivity index (χ1n) is 5.73. The average molecular weight is 182 g/mol. The van der Waals surface area contributed by atoms with Crippen LogP contribution in [0, 0.1) is 29.6 Å². The van der Waals surface area contributed by atoms with E-state index >= 15 is 0 Å². The highest BCUT2D eigenvalue weighted by molar-refractivity contribution is 4.97. The second kappa shape index (κ2) is 3.61. The molecule has 0 aromatic carbocycles. The predicted molar refractivity (Wildman–Crippen MR) is 54.5 cm³/mol. The van der Waals surface area contributed by atoms with Gasteiger partial charge in [0.1, 0.15) is 0 Å². The molecule has 2 aliphatic carbocycles. The van der Waals surface area contributed by atoms with Crippen LogP contribution in [-0.2, 0) is 4.74 Å². The molecule has 0 heterocycles. The lowest BCUT2D eigenvalue weighted by atomic mass is 9.74. The van der Waals surface area contributed by atoms with Crippen LogP contribution in [0.1, 0.15) is 33.1 Å². The van der Waals surface area contributed by atoms with Crippen molar-refractivity contribution in [2.45, 2.75) is 33.1 Å². The number of rotatable bonds is 3. The fourth-order valence-corrected chi connectivity index (χ4v) is 3.93. The molecule has 2 aliphatic rings. The molecule has 0 amide bonds. The Balaban J connectivity index is 2.06. The van der Waals surface area contributed by atoms with Gasteiger partial charge >= 0.3 is 0 Å². The Labute approximate surface area is 81.9 Å². The van der Waals surface area contributed by atoms with Crippen LogP contribution in [-0.4, -0.2) is 13.7 Å². The summed E-state index contributed by atoms with van der Waals surface area (Å²) in [6, 6.07) is 0. The highest BCUT2D eigenvalue weighted by atomic mass is 16.5. The van der Waals surface area contributed by atoms with Gasteiger partial charge in [0, 0.05) is 13.7 Å². The minimum Gasteiger partial charge on any atom is -0.384 e. The van der Waals surface area contributed by atoms with Crippen molar-refractivity contribution in [2.75, 3.05) is 13.7 Å². The second-order valence-electron chi connectivity index (χ2n) is 5.27. The molecule has 2 rings (SSSR count). The maximum absolute atomic E-state index is 5.36. The van der Waals surface area contributed by atoms with Crippen molar-refractivity contribution in [3.8, 4) is 0 Å². The normalized spacial score (nSPS) is 43.4. The van der Waals surface area contributed by atoms with Crippen molar-refractivity contribution >= 4 is 0 Å². The molecule has 1 nitrogen and oxygen atoms in total. The van der Waals surface area contributed by atoms with E-state index in [1.54, 1.807) is 0 Å². The van der Waals surface area contributed by atoms with E-state index in [1.165, 1.54) is 19.3 Å². The van der Waals surface area contributed by atoms with E-state index in [4.69, 9.17) is 4.74 Å². The molecule has 0 aliphatic heterocycles. The molecule has 2 fully saturated rings. The van der Waals surface area contributed by atoms with Crippen LogP contribution in [0.3, 0.4) is 0 Å². The summed E-state index contributed by atoms with van der Waals surface area (Å²) in [7, 11) is 1.85. The Bertz CT molecular complexity index is 176. The van der Waals surface area contributed by atoms with Crippen LogP contribution < -0.4 is 0 Å². The molecule has 0 radical (unpaired) electrons. The molecule has 13 heavy (non-hydrogen) atoms. The Morgan fingerprint density at radius 2 is 1.92 bits per heavy atom. The Morgan fingerprint density at radius 3 is 2.54 bits per heavy atom. The third-order valence-corrected chi connectivity index (χ3v) is 4.29. The molecule has 0 aromatic heterocycles. The maximum atomic E-state index is 5.36. The van der Waals surface area contributed by atoms with Crippen molar-refractivity contribution in [1.29, 1.82) is 0 Å². The topological polar surface area (TPSA) is 9.23 Å². The number of methoxy groups -OCH3 is 1. The van der Waals surface area contributed by atoms with Gasteiger partial charge in [-0.3, -0.25) is 0 Å². The van der Waals surface area contributed by atoms with E-state index in [1.807, 2.05) is 7.11 Å². The summed E-state index contributed by atoms with van der Waals surface area (Å²) in [5, 5.41) is 0. The van der Waals surface area contributed by atoms with Gasteiger partial charge < -0.3 is 4.74 Å². The quantitative estimate of drug-likeness (QED) is 0.652. The van der Waals surface area contributed by atoms with Gasteiger partial charge in [-0.25, -0.2) is 0 Å². The Morgan fingerprint density at radius 1 is 1.23 bits per heavy atom. The predicted octanol–water partition coefficient (Wildman–Crippen LogP) is 2.95. The van der Waals surface area contributed by atoms with Crippen molar-refractivity contribution in [2.24, 2.45) is 29.6 Å². The lowest BCUT2D eigenvalue weighted by molar-refractivity contribution is 0.0669. The zero-order valence-electron chi connectivity index (χ0n) is 9.12. The van der Waals surface area contributed by atoms with Gasteiger partial charge in [-0.05, 0) is 48.9 Å². The third-order valence-electron chi connectivity index (χ3n) is 4.29. The van der Waals surface area contributed by atoms with Crippen LogP contribution in [0.25, 0.3) is 0 Å². The average Bonchev–Trinajstić information content (AvgIpc) is 2.63. The smallest absolute Gasteiger partial charge is 0.0496 e. The van der Waals surface area contributed by atoms with Gasteiger partial charge in [0.15, 0.2) is 0 Å². The van der Waals surface area contributed by atoms with E-state index < -0.39 is 0 Å². The van der Waals surface area contributed by atoms with Crippen LogP contribution in [0.2, 0.25) is 0 Å². The molecule has 4 atom stereocenters. The molecule has 2 saturated carbocycles. The summed E-state index contributed by atoms with van der Waals surface area (Å²) in [4.78, 5) is 0.